The Bertz CT molecular complexity index is 388. The van der Waals surface area contributed by atoms with Gasteiger partial charge in [0.1, 0.15) is 5.88 Å². The van der Waals surface area contributed by atoms with Gasteiger partial charge in [-0.25, -0.2) is 0 Å². The Kier molecular flexibility index (Phi) is 2.89. The molecule has 0 radical (unpaired) electrons. The zero-order valence-electron chi connectivity index (χ0n) is 8.09. The molecule has 2 rings (SSSR count). The second-order valence-corrected chi connectivity index (χ2v) is 4.42. The van der Waals surface area contributed by atoms with E-state index in [2.05, 4.69) is 5.32 Å². The highest BCUT2D eigenvalue weighted by Crippen LogP contribution is 2.47. The number of alkyl halides is 1. The molecule has 0 unspecified atom stereocenters. The second-order valence-electron chi connectivity index (χ2n) is 3.74. The normalized spacial score (nSPS) is 17.2. The first-order valence-corrected chi connectivity index (χ1v) is 5.71. The summed E-state index contributed by atoms with van der Waals surface area (Å²) in [5.41, 5.74) is 0.731. The molecule has 0 atom stereocenters. The van der Waals surface area contributed by atoms with E-state index in [0.29, 0.717) is 5.02 Å². The molecule has 0 saturated heterocycles. The summed E-state index contributed by atoms with van der Waals surface area (Å²) in [5, 5.41) is 3.62. The Hall–Kier alpha value is -0.730. The number of halogens is 2. The van der Waals surface area contributed by atoms with Crippen LogP contribution in [0.3, 0.4) is 0 Å². The zero-order chi connectivity index (χ0) is 10.9. The van der Waals surface area contributed by atoms with Crippen molar-refractivity contribution < 1.29 is 4.79 Å². The van der Waals surface area contributed by atoms with Gasteiger partial charge in [0, 0.05) is 5.02 Å². The minimum absolute atomic E-state index is 0.00774. The maximum absolute atomic E-state index is 11.3. The molecule has 1 amide bonds. The van der Waals surface area contributed by atoms with E-state index in [4.69, 9.17) is 23.2 Å². The maximum atomic E-state index is 11.3. The van der Waals surface area contributed by atoms with Gasteiger partial charge in [0.05, 0.1) is 5.54 Å². The molecule has 1 aliphatic rings. The minimum Gasteiger partial charge on any atom is -0.345 e. The van der Waals surface area contributed by atoms with Crippen LogP contribution in [-0.4, -0.2) is 11.8 Å². The zero-order valence-corrected chi connectivity index (χ0v) is 9.61. The fraction of sp³-hybridized carbons (Fsp3) is 0.364. The molecule has 1 aromatic carbocycles. The molecule has 2 nitrogen and oxygen atoms in total. The summed E-state index contributed by atoms with van der Waals surface area (Å²) in [5.74, 6) is -0.152. The van der Waals surface area contributed by atoms with Crippen molar-refractivity contribution in [2.75, 3.05) is 5.88 Å². The first-order chi connectivity index (χ1) is 7.18. The van der Waals surface area contributed by atoms with Crippen LogP contribution in [0.25, 0.3) is 0 Å². The maximum Gasteiger partial charge on any atom is 0.235 e. The highest BCUT2D eigenvalue weighted by molar-refractivity contribution is 6.31. The number of hydrogen-bond donors (Lipinski definition) is 1. The first-order valence-electron chi connectivity index (χ1n) is 4.80. The summed E-state index contributed by atoms with van der Waals surface area (Å²) in [6, 6.07) is 7.59. The molecule has 0 heterocycles. The largest absolute Gasteiger partial charge is 0.345 e. The van der Waals surface area contributed by atoms with Crippen LogP contribution in [0.15, 0.2) is 24.3 Å². The van der Waals surface area contributed by atoms with Crippen molar-refractivity contribution in [1.29, 1.82) is 0 Å². The summed E-state index contributed by atoms with van der Waals surface area (Å²) < 4.78 is 0. The van der Waals surface area contributed by atoms with Gasteiger partial charge in [-0.3, -0.25) is 4.79 Å². The number of amides is 1. The molecule has 0 bridgehead atoms. The van der Waals surface area contributed by atoms with Gasteiger partial charge < -0.3 is 5.32 Å². The number of carbonyl (C=O) groups is 1. The summed E-state index contributed by atoms with van der Waals surface area (Å²) in [7, 11) is 0. The first kappa shape index (κ1) is 10.8. The van der Waals surface area contributed by atoms with E-state index in [-0.39, 0.29) is 17.3 Å². The smallest absolute Gasteiger partial charge is 0.235 e. The van der Waals surface area contributed by atoms with Crippen LogP contribution in [-0.2, 0) is 10.3 Å². The summed E-state index contributed by atoms with van der Waals surface area (Å²) in [6.45, 7) is 0. The third-order valence-corrected chi connectivity index (χ3v) is 3.21. The van der Waals surface area contributed by atoms with Gasteiger partial charge >= 0.3 is 0 Å². The highest BCUT2D eigenvalue weighted by atomic mass is 35.5. The van der Waals surface area contributed by atoms with Crippen molar-refractivity contribution in [2.45, 2.75) is 18.4 Å². The summed E-state index contributed by atoms with van der Waals surface area (Å²) in [4.78, 5) is 11.3. The Morgan fingerprint density at radius 1 is 1.40 bits per heavy atom. The number of hydrogen-bond acceptors (Lipinski definition) is 1. The van der Waals surface area contributed by atoms with Gasteiger partial charge in [-0.15, -0.1) is 11.6 Å². The Morgan fingerprint density at radius 3 is 2.60 bits per heavy atom. The quantitative estimate of drug-likeness (QED) is 0.813. The molecular formula is C11H11Cl2NO. The molecule has 0 spiro atoms. The molecule has 1 aromatic rings. The molecular weight excluding hydrogens is 233 g/mol. The van der Waals surface area contributed by atoms with E-state index in [1.54, 1.807) is 0 Å². The highest BCUT2D eigenvalue weighted by Gasteiger charge is 2.46. The van der Waals surface area contributed by atoms with Gasteiger partial charge in [-0.1, -0.05) is 29.8 Å². The molecule has 1 fully saturated rings. The van der Waals surface area contributed by atoms with Gasteiger partial charge in [-0.2, -0.15) is 0 Å². The number of rotatable bonds is 3. The van der Waals surface area contributed by atoms with Crippen molar-refractivity contribution in [3.05, 3.63) is 34.9 Å². The SMILES string of the molecule is O=C(CCl)NC1(c2ccccc2Cl)CC1. The van der Waals surface area contributed by atoms with Gasteiger partial charge in [0.25, 0.3) is 0 Å². The third-order valence-electron chi connectivity index (χ3n) is 2.64. The van der Waals surface area contributed by atoms with Gasteiger partial charge in [0.2, 0.25) is 5.91 Å². The van der Waals surface area contributed by atoms with Crippen LogP contribution in [0, 0.1) is 0 Å². The predicted octanol–water partition coefficient (Wildman–Crippen LogP) is 2.68. The van der Waals surface area contributed by atoms with E-state index >= 15 is 0 Å². The summed E-state index contributed by atoms with van der Waals surface area (Å²) >= 11 is 11.6. The monoisotopic (exact) mass is 243 g/mol. The fourth-order valence-electron chi connectivity index (χ4n) is 1.74. The third kappa shape index (κ3) is 2.11. The lowest BCUT2D eigenvalue weighted by Gasteiger charge is -2.18. The van der Waals surface area contributed by atoms with E-state index in [9.17, 15) is 4.79 Å². The van der Waals surface area contributed by atoms with Crippen LogP contribution >= 0.6 is 23.2 Å². The lowest BCUT2D eigenvalue weighted by molar-refractivity contribution is -0.119. The summed E-state index contributed by atoms with van der Waals surface area (Å²) in [6.07, 6.45) is 1.86. The molecule has 4 heteroatoms. The Morgan fingerprint density at radius 2 is 2.07 bits per heavy atom. The van der Waals surface area contributed by atoms with Gasteiger partial charge in [0.15, 0.2) is 0 Å². The number of carbonyl (C=O) groups excluding carboxylic acids is 1. The van der Waals surface area contributed by atoms with Crippen LogP contribution in [0.1, 0.15) is 18.4 Å². The standard InChI is InChI=1S/C11H11Cl2NO/c12-7-10(15)14-11(5-6-11)8-3-1-2-4-9(8)13/h1-4H,5-7H2,(H,14,15). The lowest BCUT2D eigenvalue weighted by atomic mass is 10.1. The Labute approximate surface area is 98.6 Å². The molecule has 15 heavy (non-hydrogen) atoms. The van der Waals surface area contributed by atoms with E-state index in [1.807, 2.05) is 24.3 Å². The average Bonchev–Trinajstić information content (AvgIpc) is 2.99. The molecule has 0 aliphatic heterocycles. The predicted molar refractivity (Wildman–Crippen MR) is 61.2 cm³/mol. The molecule has 1 saturated carbocycles. The van der Waals surface area contributed by atoms with Crippen molar-refractivity contribution in [2.24, 2.45) is 0 Å². The fourth-order valence-corrected chi connectivity index (χ4v) is 2.12. The van der Waals surface area contributed by atoms with Crippen molar-refractivity contribution in [3.8, 4) is 0 Å². The van der Waals surface area contributed by atoms with Crippen LogP contribution in [0.5, 0.6) is 0 Å². The van der Waals surface area contributed by atoms with Crippen LogP contribution in [0.2, 0.25) is 5.02 Å². The molecule has 80 valence electrons. The van der Waals surface area contributed by atoms with Crippen molar-refractivity contribution >= 4 is 29.1 Å². The molecule has 1 aliphatic carbocycles. The molecule has 0 aromatic heterocycles. The Balaban J connectivity index is 2.23. The van der Waals surface area contributed by atoms with E-state index in [0.717, 1.165) is 18.4 Å². The average molecular weight is 244 g/mol. The van der Waals surface area contributed by atoms with Crippen molar-refractivity contribution in [3.63, 3.8) is 0 Å². The van der Waals surface area contributed by atoms with Crippen LogP contribution in [0.4, 0.5) is 0 Å². The minimum atomic E-state index is -0.260. The van der Waals surface area contributed by atoms with Crippen LogP contribution < -0.4 is 5.32 Å². The number of benzene rings is 1. The van der Waals surface area contributed by atoms with Crippen molar-refractivity contribution in [1.82, 2.24) is 5.32 Å². The van der Waals surface area contributed by atoms with E-state index in [1.165, 1.54) is 0 Å². The lowest BCUT2D eigenvalue weighted by Crippen LogP contribution is -2.35. The topological polar surface area (TPSA) is 29.1 Å². The van der Waals surface area contributed by atoms with Gasteiger partial charge in [-0.05, 0) is 24.5 Å². The second kappa shape index (κ2) is 4.03. The number of nitrogens with one attached hydrogen (secondary N) is 1. The molecule has 1 N–H and O–H groups in total. The van der Waals surface area contributed by atoms with E-state index < -0.39 is 0 Å².